The Hall–Kier alpha value is -1.76. The molecule has 2 rings (SSSR count). The van der Waals surface area contributed by atoms with Gasteiger partial charge in [-0.15, -0.1) is 0 Å². The third-order valence-electron chi connectivity index (χ3n) is 3.48. The second kappa shape index (κ2) is 7.49. The van der Waals surface area contributed by atoms with E-state index < -0.39 is 5.41 Å². The van der Waals surface area contributed by atoms with Crippen LogP contribution in [0.4, 0.5) is 0 Å². The van der Waals surface area contributed by atoms with Crippen LogP contribution in [0.2, 0.25) is 10.0 Å². The van der Waals surface area contributed by atoms with Gasteiger partial charge in [0.05, 0.1) is 16.1 Å². The molecule has 0 radical (unpaired) electrons. The fraction of sp³-hybridized carbons (Fsp3) is 0.294. The number of rotatable bonds is 6. The second-order valence-electron chi connectivity index (χ2n) is 5.05. The smallest absolute Gasteiger partial charge is 0.120 e. The minimum absolute atomic E-state index is 0.237. The van der Waals surface area contributed by atoms with Gasteiger partial charge in [0, 0.05) is 18.5 Å². The molecule has 0 fully saturated rings. The summed E-state index contributed by atoms with van der Waals surface area (Å²) < 4.78 is 5.81. The van der Waals surface area contributed by atoms with Crippen molar-refractivity contribution in [2.75, 3.05) is 6.61 Å². The number of nitrogens with zero attached hydrogens (tertiary/aromatic N) is 2. The molecule has 0 aliphatic heterocycles. The Labute approximate surface area is 140 Å². The molecule has 1 atom stereocenters. The molecule has 0 saturated heterocycles. The number of pyridine rings is 1. The lowest BCUT2D eigenvalue weighted by Crippen LogP contribution is -2.32. The molecule has 1 aromatic heterocycles. The van der Waals surface area contributed by atoms with Gasteiger partial charge in [-0.3, -0.25) is 4.98 Å². The van der Waals surface area contributed by atoms with E-state index in [2.05, 4.69) is 11.1 Å². The van der Waals surface area contributed by atoms with E-state index in [-0.39, 0.29) is 6.61 Å². The van der Waals surface area contributed by atoms with Gasteiger partial charge in [0.15, 0.2) is 0 Å². The Morgan fingerprint density at radius 3 is 2.68 bits per heavy atom. The predicted octanol–water partition coefficient (Wildman–Crippen LogP) is 5.03. The Morgan fingerprint density at radius 1 is 1.27 bits per heavy atom. The molecule has 22 heavy (non-hydrogen) atoms. The molecule has 1 aromatic carbocycles. The topological polar surface area (TPSA) is 45.9 Å². The first-order valence-corrected chi connectivity index (χ1v) is 7.76. The molecule has 2 aromatic rings. The molecule has 1 heterocycles. The van der Waals surface area contributed by atoms with E-state index in [1.807, 2.05) is 19.1 Å². The highest BCUT2D eigenvalue weighted by atomic mass is 35.5. The van der Waals surface area contributed by atoms with Crippen LogP contribution in [0.3, 0.4) is 0 Å². The van der Waals surface area contributed by atoms with Gasteiger partial charge in [-0.1, -0.05) is 42.6 Å². The highest BCUT2D eigenvalue weighted by Crippen LogP contribution is 2.31. The average Bonchev–Trinajstić information content (AvgIpc) is 2.55. The Kier molecular flexibility index (Phi) is 5.65. The fourth-order valence-corrected chi connectivity index (χ4v) is 2.59. The molecule has 0 spiro atoms. The quantitative estimate of drug-likeness (QED) is 0.744. The predicted molar refractivity (Wildman–Crippen MR) is 88.4 cm³/mol. The zero-order valence-electron chi connectivity index (χ0n) is 12.2. The van der Waals surface area contributed by atoms with E-state index in [1.54, 1.807) is 30.6 Å². The summed E-state index contributed by atoms with van der Waals surface area (Å²) in [6, 6.07) is 11.2. The van der Waals surface area contributed by atoms with Gasteiger partial charge in [-0.2, -0.15) is 5.26 Å². The standard InChI is InChI=1S/C17H16Cl2N2O/c1-2-7-17(11-20,13-4-3-8-21-10-13)12-22-14-5-6-15(18)16(19)9-14/h3-6,8-10H,2,7,12H2,1H3. The van der Waals surface area contributed by atoms with Crippen LogP contribution in [-0.2, 0) is 5.41 Å². The molecular weight excluding hydrogens is 319 g/mol. The van der Waals surface area contributed by atoms with Crippen LogP contribution >= 0.6 is 23.2 Å². The third kappa shape index (κ3) is 3.71. The molecule has 1 unspecified atom stereocenters. The van der Waals surface area contributed by atoms with Crippen molar-refractivity contribution in [2.24, 2.45) is 0 Å². The van der Waals surface area contributed by atoms with Crippen molar-refractivity contribution in [3.63, 3.8) is 0 Å². The summed E-state index contributed by atoms with van der Waals surface area (Å²) in [5.74, 6) is 0.592. The van der Waals surface area contributed by atoms with Crippen molar-refractivity contribution in [2.45, 2.75) is 25.2 Å². The maximum Gasteiger partial charge on any atom is 0.120 e. The lowest BCUT2D eigenvalue weighted by molar-refractivity contribution is 0.242. The zero-order valence-corrected chi connectivity index (χ0v) is 13.7. The number of hydrogen-bond donors (Lipinski definition) is 0. The monoisotopic (exact) mass is 334 g/mol. The largest absolute Gasteiger partial charge is 0.492 e. The second-order valence-corrected chi connectivity index (χ2v) is 5.86. The van der Waals surface area contributed by atoms with E-state index in [1.165, 1.54) is 0 Å². The van der Waals surface area contributed by atoms with Crippen LogP contribution in [0.5, 0.6) is 5.75 Å². The summed E-state index contributed by atoms with van der Waals surface area (Å²) in [6.45, 7) is 2.28. The number of benzene rings is 1. The van der Waals surface area contributed by atoms with Gasteiger partial charge in [-0.05, 0) is 30.2 Å². The lowest BCUT2D eigenvalue weighted by atomic mass is 9.79. The third-order valence-corrected chi connectivity index (χ3v) is 4.22. The van der Waals surface area contributed by atoms with Crippen LogP contribution in [0.1, 0.15) is 25.3 Å². The zero-order chi connectivity index (χ0) is 16.0. The van der Waals surface area contributed by atoms with Crippen molar-refractivity contribution in [1.82, 2.24) is 4.98 Å². The van der Waals surface area contributed by atoms with E-state index in [4.69, 9.17) is 27.9 Å². The summed E-state index contributed by atoms with van der Waals surface area (Å²) >= 11 is 11.9. The Bertz CT molecular complexity index is 670. The number of nitriles is 1. The summed E-state index contributed by atoms with van der Waals surface area (Å²) in [7, 11) is 0. The highest BCUT2D eigenvalue weighted by molar-refractivity contribution is 6.42. The van der Waals surface area contributed by atoms with Crippen molar-refractivity contribution in [3.8, 4) is 11.8 Å². The summed E-state index contributed by atoms with van der Waals surface area (Å²) in [5.41, 5.74) is 0.134. The van der Waals surface area contributed by atoms with E-state index in [0.717, 1.165) is 12.0 Å². The van der Waals surface area contributed by atoms with Crippen molar-refractivity contribution in [3.05, 3.63) is 58.3 Å². The van der Waals surface area contributed by atoms with Crippen molar-refractivity contribution >= 4 is 23.2 Å². The number of hydrogen-bond acceptors (Lipinski definition) is 3. The van der Waals surface area contributed by atoms with E-state index in [0.29, 0.717) is 22.2 Å². The summed E-state index contributed by atoms with van der Waals surface area (Å²) in [4.78, 5) is 4.12. The molecule has 0 saturated carbocycles. The summed E-state index contributed by atoms with van der Waals surface area (Å²) in [6.07, 6.45) is 4.97. The summed E-state index contributed by atoms with van der Waals surface area (Å²) in [5, 5.41) is 10.6. The minimum atomic E-state index is -0.727. The molecule has 3 nitrogen and oxygen atoms in total. The lowest BCUT2D eigenvalue weighted by Gasteiger charge is -2.26. The first-order chi connectivity index (χ1) is 10.6. The van der Waals surface area contributed by atoms with Crippen LogP contribution in [-0.4, -0.2) is 11.6 Å². The van der Waals surface area contributed by atoms with E-state index in [9.17, 15) is 5.26 Å². The Balaban J connectivity index is 2.24. The number of halogens is 2. The molecule has 114 valence electrons. The average molecular weight is 335 g/mol. The highest BCUT2D eigenvalue weighted by Gasteiger charge is 2.33. The first kappa shape index (κ1) is 16.6. The molecular formula is C17H16Cl2N2O. The Morgan fingerprint density at radius 2 is 2.09 bits per heavy atom. The van der Waals surface area contributed by atoms with Gasteiger partial charge in [-0.25, -0.2) is 0 Å². The van der Waals surface area contributed by atoms with Crippen LogP contribution in [0, 0.1) is 11.3 Å². The molecule has 0 aliphatic carbocycles. The van der Waals surface area contributed by atoms with E-state index >= 15 is 0 Å². The maximum atomic E-state index is 9.73. The van der Waals surface area contributed by atoms with Crippen LogP contribution in [0.25, 0.3) is 0 Å². The van der Waals surface area contributed by atoms with Gasteiger partial charge >= 0.3 is 0 Å². The number of ether oxygens (including phenoxy) is 1. The molecule has 5 heteroatoms. The SMILES string of the molecule is CCCC(C#N)(COc1ccc(Cl)c(Cl)c1)c1cccnc1. The van der Waals surface area contributed by atoms with Gasteiger partial charge in [0.1, 0.15) is 17.8 Å². The van der Waals surface area contributed by atoms with Crippen LogP contribution < -0.4 is 4.74 Å². The van der Waals surface area contributed by atoms with Gasteiger partial charge < -0.3 is 4.74 Å². The van der Waals surface area contributed by atoms with Crippen LogP contribution in [0.15, 0.2) is 42.7 Å². The molecule has 0 aliphatic rings. The molecule has 0 amide bonds. The van der Waals surface area contributed by atoms with Crippen molar-refractivity contribution in [1.29, 1.82) is 5.26 Å². The van der Waals surface area contributed by atoms with Crippen molar-refractivity contribution < 1.29 is 4.74 Å². The normalized spacial score (nSPS) is 13.2. The first-order valence-electron chi connectivity index (χ1n) is 7.01. The van der Waals surface area contributed by atoms with Gasteiger partial charge in [0.25, 0.3) is 0 Å². The minimum Gasteiger partial charge on any atom is -0.492 e. The molecule has 0 bridgehead atoms. The molecule has 0 N–H and O–H groups in total. The fourth-order valence-electron chi connectivity index (χ4n) is 2.30. The number of aromatic nitrogens is 1. The maximum absolute atomic E-state index is 9.73. The van der Waals surface area contributed by atoms with Gasteiger partial charge in [0.2, 0.25) is 0 Å².